The molecule has 5 nitrogen and oxygen atoms in total. The van der Waals surface area contributed by atoms with E-state index in [0.717, 1.165) is 0 Å². The molecule has 1 N–H and O–H groups in total. The van der Waals surface area contributed by atoms with E-state index in [1.807, 2.05) is 12.1 Å². The van der Waals surface area contributed by atoms with E-state index < -0.39 is 9.84 Å². The second kappa shape index (κ2) is 5.61. The van der Waals surface area contributed by atoms with Gasteiger partial charge in [0.2, 0.25) is 5.91 Å². The molecule has 0 aromatic heterocycles. The van der Waals surface area contributed by atoms with Crippen molar-refractivity contribution in [2.24, 2.45) is 5.92 Å². The van der Waals surface area contributed by atoms with Gasteiger partial charge in [-0.25, -0.2) is 8.42 Å². The Balaban J connectivity index is 2.02. The lowest BCUT2D eigenvalue weighted by Gasteiger charge is -2.21. The van der Waals surface area contributed by atoms with Gasteiger partial charge in [-0.15, -0.1) is 0 Å². The average Bonchev–Trinajstić information content (AvgIpc) is 2.39. The van der Waals surface area contributed by atoms with E-state index in [2.05, 4.69) is 5.32 Å². The smallest absolute Gasteiger partial charge is 0.227 e. The molecule has 0 saturated carbocycles. The van der Waals surface area contributed by atoms with Crippen LogP contribution in [0.25, 0.3) is 0 Å². The number of anilines is 1. The van der Waals surface area contributed by atoms with E-state index >= 15 is 0 Å². The third-order valence-electron chi connectivity index (χ3n) is 3.29. The first-order valence-electron chi connectivity index (χ1n) is 6.16. The Morgan fingerprint density at radius 1 is 1.26 bits per heavy atom. The van der Waals surface area contributed by atoms with Crippen molar-refractivity contribution in [2.75, 3.05) is 23.9 Å². The van der Waals surface area contributed by atoms with Gasteiger partial charge in [-0.2, -0.15) is 0 Å². The van der Waals surface area contributed by atoms with Crippen LogP contribution in [-0.2, 0) is 14.6 Å². The summed E-state index contributed by atoms with van der Waals surface area (Å²) < 4.78 is 27.8. The first-order valence-corrected chi connectivity index (χ1v) is 7.98. The summed E-state index contributed by atoms with van der Waals surface area (Å²) in [6.45, 7) is 0. The summed E-state index contributed by atoms with van der Waals surface area (Å²) in [4.78, 5) is 12.1. The number of carbonyl (C=O) groups is 1. The normalized spacial score (nSPS) is 18.8. The van der Waals surface area contributed by atoms with Crippen LogP contribution in [0.5, 0.6) is 5.75 Å². The maximum Gasteiger partial charge on any atom is 0.227 e. The maximum atomic E-state index is 12.1. The van der Waals surface area contributed by atoms with Crippen LogP contribution in [0.4, 0.5) is 5.69 Å². The number of benzene rings is 1. The molecule has 1 aromatic rings. The Hall–Kier alpha value is -1.56. The van der Waals surface area contributed by atoms with E-state index in [1.165, 1.54) is 7.11 Å². The number of methoxy groups -OCH3 is 1. The number of nitrogens with one attached hydrogen (secondary N) is 1. The van der Waals surface area contributed by atoms with Crippen LogP contribution in [0, 0.1) is 5.92 Å². The monoisotopic (exact) mass is 283 g/mol. The van der Waals surface area contributed by atoms with Crippen LogP contribution in [0.1, 0.15) is 12.8 Å². The van der Waals surface area contributed by atoms with Crippen molar-refractivity contribution in [2.45, 2.75) is 12.8 Å². The molecule has 1 saturated heterocycles. The van der Waals surface area contributed by atoms with Gasteiger partial charge >= 0.3 is 0 Å². The van der Waals surface area contributed by atoms with Gasteiger partial charge in [0.15, 0.2) is 0 Å². The molecule has 1 aliphatic rings. The predicted octanol–water partition coefficient (Wildman–Crippen LogP) is 1.46. The van der Waals surface area contributed by atoms with Crippen molar-refractivity contribution in [3.05, 3.63) is 24.3 Å². The summed E-state index contributed by atoms with van der Waals surface area (Å²) in [5.41, 5.74) is 0.614. The number of amides is 1. The molecule has 1 aliphatic heterocycles. The molecule has 6 heteroatoms. The van der Waals surface area contributed by atoms with Crippen molar-refractivity contribution in [1.82, 2.24) is 0 Å². The molecule has 1 heterocycles. The Bertz CT molecular complexity index is 554. The minimum absolute atomic E-state index is 0.0943. The standard InChI is InChI=1S/C13H17NO4S/c1-18-12-5-3-2-4-11(12)14-13(15)10-6-8-19(16,17)9-7-10/h2-5,10H,6-9H2,1H3,(H,14,15). The predicted molar refractivity (Wildman–Crippen MR) is 73.0 cm³/mol. The fourth-order valence-electron chi connectivity index (χ4n) is 2.13. The Morgan fingerprint density at radius 3 is 2.53 bits per heavy atom. The molecule has 1 aromatic carbocycles. The van der Waals surface area contributed by atoms with Crippen molar-refractivity contribution in [1.29, 1.82) is 0 Å². The fourth-order valence-corrected chi connectivity index (χ4v) is 3.63. The molecule has 0 atom stereocenters. The lowest BCUT2D eigenvalue weighted by atomic mass is 10.0. The lowest BCUT2D eigenvalue weighted by Crippen LogP contribution is -2.31. The third-order valence-corrected chi connectivity index (χ3v) is 5.01. The average molecular weight is 283 g/mol. The van der Waals surface area contributed by atoms with E-state index in [1.54, 1.807) is 12.1 Å². The van der Waals surface area contributed by atoms with Gasteiger partial charge in [0, 0.05) is 5.92 Å². The largest absolute Gasteiger partial charge is 0.495 e. The van der Waals surface area contributed by atoms with E-state index in [0.29, 0.717) is 24.3 Å². The number of hydrogen-bond donors (Lipinski definition) is 1. The van der Waals surface area contributed by atoms with Gasteiger partial charge in [-0.1, -0.05) is 12.1 Å². The highest BCUT2D eigenvalue weighted by atomic mass is 32.2. The lowest BCUT2D eigenvalue weighted by molar-refractivity contribution is -0.120. The number of para-hydroxylation sites is 2. The minimum atomic E-state index is -2.94. The molecule has 2 rings (SSSR count). The highest BCUT2D eigenvalue weighted by molar-refractivity contribution is 7.91. The summed E-state index contributed by atoms with van der Waals surface area (Å²) in [5, 5.41) is 2.80. The molecule has 0 radical (unpaired) electrons. The Labute approximate surface area is 112 Å². The fraction of sp³-hybridized carbons (Fsp3) is 0.462. The molecule has 0 aliphatic carbocycles. The van der Waals surface area contributed by atoms with Gasteiger partial charge < -0.3 is 10.1 Å². The van der Waals surface area contributed by atoms with Crippen molar-refractivity contribution in [3.8, 4) is 5.75 Å². The van der Waals surface area contributed by atoms with Gasteiger partial charge in [-0.3, -0.25) is 4.79 Å². The molecule has 104 valence electrons. The van der Waals surface area contributed by atoms with Crippen LogP contribution < -0.4 is 10.1 Å². The number of hydrogen-bond acceptors (Lipinski definition) is 4. The van der Waals surface area contributed by atoms with Gasteiger partial charge in [-0.05, 0) is 25.0 Å². The van der Waals surface area contributed by atoms with Crippen LogP contribution in [0.2, 0.25) is 0 Å². The number of rotatable bonds is 3. The Kier molecular flexibility index (Phi) is 4.09. The molecular weight excluding hydrogens is 266 g/mol. The second-order valence-corrected chi connectivity index (χ2v) is 6.92. The zero-order valence-corrected chi connectivity index (χ0v) is 11.6. The summed E-state index contributed by atoms with van der Waals surface area (Å²) in [5.74, 6) is 0.403. The first kappa shape index (κ1) is 13.9. The highest BCUT2D eigenvalue weighted by Gasteiger charge is 2.28. The molecule has 0 unspecified atom stereocenters. The minimum Gasteiger partial charge on any atom is -0.495 e. The third kappa shape index (κ3) is 3.47. The van der Waals surface area contributed by atoms with Crippen molar-refractivity contribution in [3.63, 3.8) is 0 Å². The van der Waals surface area contributed by atoms with Crippen LogP contribution in [0.3, 0.4) is 0 Å². The maximum absolute atomic E-state index is 12.1. The highest BCUT2D eigenvalue weighted by Crippen LogP contribution is 2.26. The van der Waals surface area contributed by atoms with Gasteiger partial charge in [0.1, 0.15) is 15.6 Å². The summed E-state index contributed by atoms with van der Waals surface area (Å²) in [6.07, 6.45) is 0.784. The van der Waals surface area contributed by atoms with Crippen LogP contribution in [-0.4, -0.2) is 32.9 Å². The SMILES string of the molecule is COc1ccccc1NC(=O)C1CCS(=O)(=O)CC1. The summed E-state index contributed by atoms with van der Waals surface area (Å²) >= 11 is 0. The summed E-state index contributed by atoms with van der Waals surface area (Å²) in [6, 6.07) is 7.16. The summed E-state index contributed by atoms with van der Waals surface area (Å²) in [7, 11) is -1.40. The molecular formula is C13H17NO4S. The molecule has 1 fully saturated rings. The number of ether oxygens (including phenoxy) is 1. The van der Waals surface area contributed by atoms with Gasteiger partial charge in [0.25, 0.3) is 0 Å². The zero-order valence-electron chi connectivity index (χ0n) is 10.8. The molecule has 19 heavy (non-hydrogen) atoms. The van der Waals surface area contributed by atoms with Crippen LogP contribution >= 0.6 is 0 Å². The van der Waals surface area contributed by atoms with Crippen LogP contribution in [0.15, 0.2) is 24.3 Å². The second-order valence-electron chi connectivity index (χ2n) is 4.62. The van der Waals surface area contributed by atoms with Crippen molar-refractivity contribution < 1.29 is 17.9 Å². The molecule has 0 bridgehead atoms. The quantitative estimate of drug-likeness (QED) is 0.911. The van der Waals surface area contributed by atoms with Gasteiger partial charge in [0.05, 0.1) is 24.3 Å². The topological polar surface area (TPSA) is 72.5 Å². The zero-order chi connectivity index (χ0) is 13.9. The molecule has 0 spiro atoms. The number of sulfone groups is 1. The van der Waals surface area contributed by atoms with E-state index in [9.17, 15) is 13.2 Å². The van der Waals surface area contributed by atoms with Crippen molar-refractivity contribution >= 4 is 21.4 Å². The first-order chi connectivity index (χ1) is 9.02. The number of carbonyl (C=O) groups excluding carboxylic acids is 1. The van der Waals surface area contributed by atoms with E-state index in [4.69, 9.17) is 4.74 Å². The Morgan fingerprint density at radius 2 is 1.89 bits per heavy atom. The van der Waals surface area contributed by atoms with E-state index in [-0.39, 0.29) is 23.3 Å². The molecule has 1 amide bonds.